The molecule has 0 unspecified atom stereocenters. The van der Waals surface area contributed by atoms with E-state index in [4.69, 9.17) is 0 Å². The Bertz CT molecular complexity index is 1070. The monoisotopic (exact) mass is 487 g/mol. The van der Waals surface area contributed by atoms with Crippen molar-refractivity contribution >= 4 is 27.5 Å². The maximum atomic E-state index is 13.2. The van der Waals surface area contributed by atoms with E-state index >= 15 is 0 Å². The van der Waals surface area contributed by atoms with Crippen molar-refractivity contribution in [2.75, 3.05) is 23.7 Å². The Morgan fingerprint density at radius 2 is 1.71 bits per heavy atom. The smallest absolute Gasteiger partial charge is 0.242 e. The molecule has 8 heteroatoms. The zero-order valence-corrected chi connectivity index (χ0v) is 21.7. The Labute approximate surface area is 204 Å². The molecular formula is C26H37N3O4S. The van der Waals surface area contributed by atoms with E-state index in [-0.39, 0.29) is 24.8 Å². The molecule has 1 N–H and O–H groups in total. The number of sulfonamides is 1. The number of benzene rings is 2. The van der Waals surface area contributed by atoms with E-state index in [1.807, 2.05) is 57.2 Å². The molecule has 0 heterocycles. The van der Waals surface area contributed by atoms with Gasteiger partial charge in [0.2, 0.25) is 21.8 Å². The lowest BCUT2D eigenvalue weighted by Crippen LogP contribution is -2.47. The second kappa shape index (κ2) is 12.6. The third-order valence-corrected chi connectivity index (χ3v) is 6.82. The number of nitrogens with one attached hydrogen (secondary N) is 1. The average molecular weight is 488 g/mol. The van der Waals surface area contributed by atoms with Gasteiger partial charge in [-0.05, 0) is 51.3 Å². The summed E-state index contributed by atoms with van der Waals surface area (Å²) in [5, 5.41) is 2.86. The second-order valence-electron chi connectivity index (χ2n) is 8.75. The fourth-order valence-corrected chi connectivity index (χ4v) is 4.67. The lowest BCUT2D eigenvalue weighted by molar-refractivity contribution is -0.140. The lowest BCUT2D eigenvalue weighted by atomic mass is 10.1. The van der Waals surface area contributed by atoms with E-state index in [0.29, 0.717) is 25.2 Å². The number of amides is 2. The highest BCUT2D eigenvalue weighted by atomic mass is 32.2. The molecular weight excluding hydrogens is 450 g/mol. The molecule has 1 atom stereocenters. The molecule has 0 aliphatic heterocycles. The van der Waals surface area contributed by atoms with Gasteiger partial charge in [0.1, 0.15) is 6.04 Å². The molecule has 0 spiro atoms. The molecule has 186 valence electrons. The second-order valence-corrected chi connectivity index (χ2v) is 10.7. The molecule has 0 aliphatic carbocycles. The number of aryl methyl sites for hydroxylation is 2. The van der Waals surface area contributed by atoms with Crippen molar-refractivity contribution in [2.24, 2.45) is 0 Å². The normalized spacial score (nSPS) is 12.1. The fraction of sp³-hybridized carbons (Fsp3) is 0.462. The quantitative estimate of drug-likeness (QED) is 0.493. The van der Waals surface area contributed by atoms with Crippen LogP contribution in [-0.4, -0.2) is 50.5 Å². The summed E-state index contributed by atoms with van der Waals surface area (Å²) >= 11 is 0. The molecule has 0 aromatic heterocycles. The van der Waals surface area contributed by atoms with E-state index in [1.165, 1.54) is 10.6 Å². The zero-order valence-electron chi connectivity index (χ0n) is 20.9. The van der Waals surface area contributed by atoms with Crippen LogP contribution in [0.2, 0.25) is 0 Å². The van der Waals surface area contributed by atoms with Crippen LogP contribution in [0.15, 0.2) is 48.5 Å². The highest BCUT2D eigenvalue weighted by molar-refractivity contribution is 7.92. The van der Waals surface area contributed by atoms with Crippen molar-refractivity contribution in [3.05, 3.63) is 65.2 Å². The maximum Gasteiger partial charge on any atom is 0.242 e. The molecule has 34 heavy (non-hydrogen) atoms. The van der Waals surface area contributed by atoms with Gasteiger partial charge in [-0.15, -0.1) is 0 Å². The molecule has 0 bridgehead atoms. The minimum absolute atomic E-state index is 0.134. The van der Waals surface area contributed by atoms with E-state index in [1.54, 1.807) is 24.0 Å². The minimum Gasteiger partial charge on any atom is -0.354 e. The summed E-state index contributed by atoms with van der Waals surface area (Å²) in [7, 11) is -3.50. The Balaban J connectivity index is 2.14. The number of carbonyl (C=O) groups excluding carboxylic acids is 2. The summed E-state index contributed by atoms with van der Waals surface area (Å²) in [5.74, 6) is -0.377. The Kier molecular flexibility index (Phi) is 10.1. The number of nitrogens with zero attached hydrogens (tertiary/aromatic N) is 2. The molecule has 0 saturated carbocycles. The van der Waals surface area contributed by atoms with Crippen molar-refractivity contribution < 1.29 is 18.0 Å². The summed E-state index contributed by atoms with van der Waals surface area (Å²) in [6.45, 7) is 8.68. The summed E-state index contributed by atoms with van der Waals surface area (Å²) in [6, 6.07) is 14.5. The van der Waals surface area contributed by atoms with Gasteiger partial charge in [0.15, 0.2) is 0 Å². The van der Waals surface area contributed by atoms with Crippen LogP contribution in [0.3, 0.4) is 0 Å². The first-order chi connectivity index (χ1) is 16.0. The fourth-order valence-electron chi connectivity index (χ4n) is 3.70. The Morgan fingerprint density at radius 1 is 1.03 bits per heavy atom. The van der Waals surface area contributed by atoms with Gasteiger partial charge in [-0.2, -0.15) is 0 Å². The number of hydrogen-bond acceptors (Lipinski definition) is 4. The first-order valence-corrected chi connectivity index (χ1v) is 13.5. The third kappa shape index (κ3) is 8.17. The van der Waals surface area contributed by atoms with E-state index < -0.39 is 16.1 Å². The van der Waals surface area contributed by atoms with Crippen LogP contribution in [0.25, 0.3) is 0 Å². The van der Waals surface area contributed by atoms with Gasteiger partial charge in [-0.25, -0.2) is 8.42 Å². The number of anilines is 1. The first kappa shape index (κ1) is 27.4. The van der Waals surface area contributed by atoms with Crippen LogP contribution < -0.4 is 9.62 Å². The predicted molar refractivity (Wildman–Crippen MR) is 137 cm³/mol. The SMILES string of the molecule is CCCNC(=O)[C@H](C)N(Cc1cccc(C)c1)C(=O)CCCN(c1ccc(C)cc1)S(C)(=O)=O. The van der Waals surface area contributed by atoms with Gasteiger partial charge in [0, 0.05) is 26.1 Å². The molecule has 2 aromatic rings. The Hall–Kier alpha value is -2.87. The van der Waals surface area contributed by atoms with E-state index in [0.717, 1.165) is 23.1 Å². The molecule has 0 saturated heterocycles. The van der Waals surface area contributed by atoms with Gasteiger partial charge in [-0.3, -0.25) is 13.9 Å². The minimum atomic E-state index is -3.50. The highest BCUT2D eigenvalue weighted by Crippen LogP contribution is 2.20. The van der Waals surface area contributed by atoms with E-state index in [9.17, 15) is 18.0 Å². The van der Waals surface area contributed by atoms with Crippen molar-refractivity contribution in [1.82, 2.24) is 10.2 Å². The first-order valence-electron chi connectivity index (χ1n) is 11.7. The van der Waals surface area contributed by atoms with Crippen molar-refractivity contribution in [2.45, 2.75) is 59.5 Å². The van der Waals surface area contributed by atoms with Crippen LogP contribution in [0.5, 0.6) is 0 Å². The molecule has 0 aliphatic rings. The molecule has 0 radical (unpaired) electrons. The van der Waals surface area contributed by atoms with Gasteiger partial charge in [-0.1, -0.05) is 54.4 Å². The Morgan fingerprint density at radius 3 is 2.29 bits per heavy atom. The molecule has 2 rings (SSSR count). The molecule has 2 aromatic carbocycles. The average Bonchev–Trinajstić information content (AvgIpc) is 2.78. The lowest BCUT2D eigenvalue weighted by Gasteiger charge is -2.29. The van der Waals surface area contributed by atoms with Crippen LogP contribution in [0.4, 0.5) is 5.69 Å². The van der Waals surface area contributed by atoms with E-state index in [2.05, 4.69) is 5.32 Å². The van der Waals surface area contributed by atoms with Crippen LogP contribution in [-0.2, 0) is 26.2 Å². The summed E-state index contributed by atoms with van der Waals surface area (Å²) in [6.07, 6.45) is 2.45. The van der Waals surface area contributed by atoms with Gasteiger partial charge in [0.05, 0.1) is 11.9 Å². The number of rotatable bonds is 12. The topological polar surface area (TPSA) is 86.8 Å². The number of hydrogen-bond donors (Lipinski definition) is 1. The van der Waals surface area contributed by atoms with Crippen molar-refractivity contribution in [3.8, 4) is 0 Å². The molecule has 7 nitrogen and oxygen atoms in total. The van der Waals surface area contributed by atoms with Crippen LogP contribution >= 0.6 is 0 Å². The van der Waals surface area contributed by atoms with Crippen molar-refractivity contribution in [3.63, 3.8) is 0 Å². The zero-order chi connectivity index (χ0) is 25.3. The predicted octanol–water partition coefficient (Wildman–Crippen LogP) is 3.79. The maximum absolute atomic E-state index is 13.2. The van der Waals surface area contributed by atoms with Gasteiger partial charge in [0.25, 0.3) is 0 Å². The van der Waals surface area contributed by atoms with Crippen molar-refractivity contribution in [1.29, 1.82) is 0 Å². The number of carbonyl (C=O) groups is 2. The molecule has 2 amide bonds. The summed E-state index contributed by atoms with van der Waals surface area (Å²) < 4.78 is 26.1. The third-order valence-electron chi connectivity index (χ3n) is 5.63. The van der Waals surface area contributed by atoms with Gasteiger partial charge < -0.3 is 10.2 Å². The van der Waals surface area contributed by atoms with Crippen LogP contribution in [0.1, 0.15) is 49.8 Å². The highest BCUT2D eigenvalue weighted by Gasteiger charge is 2.26. The van der Waals surface area contributed by atoms with Crippen LogP contribution in [0, 0.1) is 13.8 Å². The van der Waals surface area contributed by atoms with Gasteiger partial charge >= 0.3 is 0 Å². The molecule has 0 fully saturated rings. The summed E-state index contributed by atoms with van der Waals surface area (Å²) in [4.78, 5) is 27.5. The standard InChI is InChI=1S/C26H37N3O4S/c1-6-16-27-26(31)22(4)28(19-23-10-7-9-21(3)18-23)25(30)11-8-17-29(34(5,32)33)24-14-12-20(2)13-15-24/h7,9-10,12-15,18,22H,6,8,11,16-17,19H2,1-5H3,(H,27,31)/t22-/m0/s1. The summed E-state index contributed by atoms with van der Waals surface area (Å²) in [5.41, 5.74) is 3.63. The largest absolute Gasteiger partial charge is 0.354 e.